The smallest absolute Gasteiger partial charge is 0.260 e. The molecule has 10 N–H and O–H groups in total. The Hall–Kier alpha value is -6.82. The number of nitrogens with two attached hydrogens (primary N) is 2. The molecule has 0 atom stereocenters. The molecule has 62 heavy (non-hydrogen) atoms. The molecule has 0 saturated carbocycles. The van der Waals surface area contributed by atoms with Crippen molar-refractivity contribution in [2.24, 2.45) is 10.8 Å². The highest BCUT2D eigenvalue weighted by atomic mass is 35.5. The van der Waals surface area contributed by atoms with Gasteiger partial charge in [0.25, 0.3) is 5.95 Å². The summed E-state index contributed by atoms with van der Waals surface area (Å²) in [5.41, 5.74) is 24.3. The molecule has 0 unspecified atom stereocenters. The van der Waals surface area contributed by atoms with Crippen molar-refractivity contribution in [2.45, 2.75) is 6.54 Å². The van der Waals surface area contributed by atoms with Gasteiger partial charge < -0.3 is 40.9 Å². The zero-order valence-electron chi connectivity index (χ0n) is 32.1. The van der Waals surface area contributed by atoms with Gasteiger partial charge in [0.15, 0.2) is 11.5 Å². The highest BCUT2D eigenvalue weighted by Crippen LogP contribution is 2.43. The maximum atomic E-state index is 6.31. The van der Waals surface area contributed by atoms with Crippen LogP contribution in [0.25, 0.3) is 87.2 Å². The van der Waals surface area contributed by atoms with Crippen LogP contribution >= 0.6 is 46.4 Å². The molecule has 12 rings (SSSR count). The number of hydrogen-bond acceptors (Lipinski definition) is 11. The summed E-state index contributed by atoms with van der Waals surface area (Å²) < 4.78 is 12.6. The first-order chi connectivity index (χ1) is 30.1. The lowest BCUT2D eigenvalue weighted by Crippen LogP contribution is -2.45. The summed E-state index contributed by atoms with van der Waals surface area (Å²) in [4.78, 5) is 15.3. The molecule has 0 aliphatic carbocycles. The number of halogens is 4. The molecule has 5 aromatic heterocycles. The highest BCUT2D eigenvalue weighted by molar-refractivity contribution is 6.34. The summed E-state index contributed by atoms with van der Waals surface area (Å²) in [6.45, 7) is 1.61. The predicted octanol–water partition coefficient (Wildman–Crippen LogP) is 9.11. The lowest BCUT2D eigenvalue weighted by Gasteiger charge is -2.17. The SMILES string of the molecule is NC1=NNNN1CCOc1c2[nH]c3ccc(Cl)cc3c2cc2c1[nH]c1ccc(Cl)cc12.Nc1nnn(CCOc2c3[nH]c4ccc(Cl)cc4c3cc3c2[nH]c2ccc(Cl)cc23)n1. The van der Waals surface area contributed by atoms with E-state index in [4.69, 9.17) is 67.3 Å². The number of nitrogens with zero attached hydrogens (tertiary/aromatic N) is 6. The van der Waals surface area contributed by atoms with Crippen LogP contribution in [0.3, 0.4) is 0 Å². The number of rotatable bonds is 8. The molecule has 11 aromatic rings. The van der Waals surface area contributed by atoms with Gasteiger partial charge in [0, 0.05) is 85.2 Å². The van der Waals surface area contributed by atoms with Gasteiger partial charge in [-0.1, -0.05) is 51.5 Å². The molecule has 16 nitrogen and oxygen atoms in total. The fourth-order valence-corrected chi connectivity index (χ4v) is 8.82. The van der Waals surface area contributed by atoms with E-state index in [9.17, 15) is 0 Å². The number of guanidine groups is 1. The van der Waals surface area contributed by atoms with Crippen LogP contribution in [-0.4, -0.2) is 70.9 Å². The summed E-state index contributed by atoms with van der Waals surface area (Å²) in [7, 11) is 0. The minimum absolute atomic E-state index is 0.129. The second kappa shape index (κ2) is 15.0. The van der Waals surface area contributed by atoms with Crippen molar-refractivity contribution in [3.8, 4) is 11.5 Å². The van der Waals surface area contributed by atoms with Gasteiger partial charge in [-0.3, -0.25) is 5.01 Å². The highest BCUT2D eigenvalue weighted by Gasteiger charge is 2.21. The van der Waals surface area contributed by atoms with Gasteiger partial charge in [-0.2, -0.15) is 4.80 Å². The number of aromatic nitrogens is 8. The molecule has 0 fully saturated rings. The van der Waals surface area contributed by atoms with Crippen molar-refractivity contribution in [1.29, 1.82) is 0 Å². The summed E-state index contributed by atoms with van der Waals surface area (Å²) in [5.74, 6) is 1.92. The number of ether oxygens (including phenoxy) is 2. The summed E-state index contributed by atoms with van der Waals surface area (Å²) in [5, 5.41) is 28.1. The standard InChI is InChI=1S/C21H17Cl2N7O.C21H15Cl2N7O/c22-10-1-3-16-12(7-10)14-9-15-13-8-11(23)2-4-17(13)26-19(15)20(18(14)25-16)31-6-5-30-21(24)27-28-29-30;22-10-1-3-16-12(7-10)14-9-15-13-8-11(23)2-4-17(13)26-19(15)20(18(14)25-16)31-6-5-30-28-21(24)27-29-30/h1-4,7-9,25-26,28-29H,5-6H2,(H2,24,27);1-4,7-9,25-26H,5-6H2,(H2,24,28). The van der Waals surface area contributed by atoms with Gasteiger partial charge in [0.1, 0.15) is 13.2 Å². The molecule has 0 bridgehead atoms. The summed E-state index contributed by atoms with van der Waals surface area (Å²) in [6.07, 6.45) is 0. The third kappa shape index (κ3) is 6.59. The van der Waals surface area contributed by atoms with E-state index >= 15 is 0 Å². The first kappa shape index (κ1) is 38.1. The van der Waals surface area contributed by atoms with Crippen LogP contribution in [0.1, 0.15) is 0 Å². The van der Waals surface area contributed by atoms with Gasteiger partial charge in [0.2, 0.25) is 5.96 Å². The molecule has 310 valence electrons. The van der Waals surface area contributed by atoms with E-state index in [1.807, 2.05) is 72.8 Å². The fraction of sp³-hybridized carbons (Fsp3) is 0.0952. The third-order valence-corrected chi connectivity index (χ3v) is 11.8. The molecular formula is C42H32Cl4N14O2. The van der Waals surface area contributed by atoms with Gasteiger partial charge in [-0.05, 0) is 90.1 Å². The lowest BCUT2D eigenvalue weighted by molar-refractivity contribution is 0.225. The largest absolute Gasteiger partial charge is 0.487 e. The van der Waals surface area contributed by atoms with E-state index < -0.39 is 0 Å². The Morgan fingerprint density at radius 2 is 0.919 bits per heavy atom. The van der Waals surface area contributed by atoms with Crippen LogP contribution in [0, 0.1) is 0 Å². The van der Waals surface area contributed by atoms with Crippen LogP contribution in [-0.2, 0) is 6.54 Å². The molecule has 0 amide bonds. The molecule has 0 spiro atoms. The van der Waals surface area contributed by atoms with Crippen molar-refractivity contribution in [3.63, 3.8) is 0 Å². The molecule has 6 heterocycles. The van der Waals surface area contributed by atoms with E-state index in [0.29, 0.717) is 58.1 Å². The quantitative estimate of drug-likeness (QED) is 0.0723. The minimum atomic E-state index is 0.129. The Balaban J connectivity index is 0.000000139. The van der Waals surface area contributed by atoms with Gasteiger partial charge >= 0.3 is 0 Å². The van der Waals surface area contributed by atoms with E-state index in [-0.39, 0.29) is 5.95 Å². The number of anilines is 1. The number of tetrazole rings is 1. The topological polar surface area (TPSA) is 217 Å². The minimum Gasteiger partial charge on any atom is -0.487 e. The number of nitrogen functional groups attached to an aromatic ring is 1. The summed E-state index contributed by atoms with van der Waals surface area (Å²) >= 11 is 25.1. The third-order valence-electron chi connectivity index (χ3n) is 10.9. The van der Waals surface area contributed by atoms with E-state index in [1.165, 1.54) is 4.80 Å². The Labute approximate surface area is 368 Å². The van der Waals surface area contributed by atoms with E-state index in [0.717, 1.165) is 93.0 Å². The van der Waals surface area contributed by atoms with Crippen molar-refractivity contribution in [3.05, 3.63) is 105 Å². The Morgan fingerprint density at radius 3 is 1.27 bits per heavy atom. The Morgan fingerprint density at radius 1 is 0.516 bits per heavy atom. The molecular weight excluding hydrogens is 874 g/mol. The molecule has 1 aliphatic heterocycles. The van der Waals surface area contributed by atoms with Crippen LogP contribution in [0.5, 0.6) is 11.5 Å². The number of aromatic amines is 4. The van der Waals surface area contributed by atoms with Crippen LogP contribution in [0.4, 0.5) is 5.95 Å². The van der Waals surface area contributed by atoms with Gasteiger partial charge in [-0.15, -0.1) is 15.7 Å². The van der Waals surface area contributed by atoms with Crippen LogP contribution < -0.4 is 32.0 Å². The number of hydrazone groups is 1. The molecule has 20 heteroatoms. The fourth-order valence-electron chi connectivity index (χ4n) is 8.13. The number of H-pyrrole nitrogens is 4. The monoisotopic (exact) mass is 904 g/mol. The average molecular weight is 907 g/mol. The molecule has 0 saturated heterocycles. The van der Waals surface area contributed by atoms with Crippen molar-refractivity contribution >= 4 is 146 Å². The zero-order valence-corrected chi connectivity index (χ0v) is 35.1. The second-order valence-corrected chi connectivity index (χ2v) is 16.4. The first-order valence-electron chi connectivity index (χ1n) is 19.2. The molecule has 1 aliphatic rings. The van der Waals surface area contributed by atoms with Crippen LogP contribution in [0.2, 0.25) is 20.1 Å². The number of benzene rings is 6. The molecule has 0 radical (unpaired) electrons. The van der Waals surface area contributed by atoms with Crippen molar-refractivity contribution < 1.29 is 9.47 Å². The van der Waals surface area contributed by atoms with E-state index in [1.54, 1.807) is 5.01 Å². The Kier molecular flexibility index (Phi) is 9.20. The van der Waals surface area contributed by atoms with E-state index in [2.05, 4.69) is 63.7 Å². The average Bonchev–Trinajstić information content (AvgIpc) is 4.12. The number of hydrazine groups is 2. The molecule has 6 aromatic carbocycles. The zero-order chi connectivity index (χ0) is 42.2. The van der Waals surface area contributed by atoms with Gasteiger partial charge in [0.05, 0.1) is 35.2 Å². The number of fused-ring (bicyclic) bond motifs is 12. The van der Waals surface area contributed by atoms with Crippen molar-refractivity contribution in [1.82, 2.24) is 56.2 Å². The summed E-state index contributed by atoms with van der Waals surface area (Å²) in [6, 6.07) is 27.5. The van der Waals surface area contributed by atoms with Crippen molar-refractivity contribution in [2.75, 3.05) is 25.5 Å². The van der Waals surface area contributed by atoms with Crippen LogP contribution in [0.15, 0.2) is 90.0 Å². The second-order valence-electron chi connectivity index (χ2n) is 14.6. The maximum absolute atomic E-state index is 6.31. The maximum Gasteiger partial charge on any atom is 0.260 e. The Bertz CT molecular complexity index is 3420. The number of hydrogen-bond donors (Lipinski definition) is 8. The normalized spacial score (nSPS) is 13.0. The lowest BCUT2D eigenvalue weighted by atomic mass is 10.1. The first-order valence-corrected chi connectivity index (χ1v) is 20.8. The van der Waals surface area contributed by atoms with Gasteiger partial charge in [-0.25, -0.2) is 5.53 Å². The predicted molar refractivity (Wildman–Crippen MR) is 248 cm³/mol. The number of nitrogens with one attached hydrogen (secondary N) is 6.